The fourth-order valence-corrected chi connectivity index (χ4v) is 4.41. The van der Waals surface area contributed by atoms with Crippen molar-refractivity contribution in [2.24, 2.45) is 0 Å². The van der Waals surface area contributed by atoms with E-state index < -0.39 is 11.9 Å². The van der Waals surface area contributed by atoms with E-state index in [-0.39, 0.29) is 24.3 Å². The van der Waals surface area contributed by atoms with Gasteiger partial charge in [0.15, 0.2) is 0 Å². The van der Waals surface area contributed by atoms with Gasteiger partial charge < -0.3 is 10.4 Å². The number of rotatable bonds is 11. The van der Waals surface area contributed by atoms with Crippen molar-refractivity contribution in [2.45, 2.75) is 19.6 Å². The van der Waals surface area contributed by atoms with Crippen molar-refractivity contribution in [2.75, 3.05) is 10.8 Å². The zero-order valence-electron chi connectivity index (χ0n) is 20.5. The Morgan fingerprint density at radius 2 is 1.31 bits per heavy atom. The van der Waals surface area contributed by atoms with E-state index in [2.05, 4.69) is 15.7 Å². The molecule has 0 aliphatic rings. The van der Waals surface area contributed by atoms with Gasteiger partial charge in [0.1, 0.15) is 6.61 Å². The number of carboxylic acid groups (broad SMARTS) is 1. The number of hydrogen-bond acceptors (Lipinski definition) is 6. The molecule has 0 aliphatic carbocycles. The summed E-state index contributed by atoms with van der Waals surface area (Å²) in [6, 6.07) is 24.1. The highest BCUT2D eigenvalue weighted by Crippen LogP contribution is 2.28. The Balaban J connectivity index is 1.37. The maximum absolute atomic E-state index is 12.7. The molecule has 0 radical (unpaired) electrons. The summed E-state index contributed by atoms with van der Waals surface area (Å²) >= 11 is 12.9. The van der Waals surface area contributed by atoms with Gasteiger partial charge in [-0.3, -0.25) is 20.4 Å². The van der Waals surface area contributed by atoms with Gasteiger partial charge in [0.05, 0.1) is 39.2 Å². The second-order valence-corrected chi connectivity index (χ2v) is 9.36. The minimum atomic E-state index is -1.19. The fraction of sp³-hybridized carbons (Fsp3) is 0.103. The zero-order chi connectivity index (χ0) is 27.8. The summed E-state index contributed by atoms with van der Waals surface area (Å²) in [5, 5.41) is 21.5. The van der Waals surface area contributed by atoms with Crippen molar-refractivity contribution >= 4 is 46.5 Å². The lowest BCUT2D eigenvalue weighted by Gasteiger charge is -2.13. The topological polar surface area (TPSA) is 117 Å². The van der Waals surface area contributed by atoms with Gasteiger partial charge in [0.2, 0.25) is 0 Å². The molecule has 0 heterocycles. The Morgan fingerprint density at radius 1 is 0.744 bits per heavy atom. The number of amides is 1. The molecule has 0 bridgehead atoms. The summed E-state index contributed by atoms with van der Waals surface area (Å²) < 4.78 is 0. The normalized spacial score (nSPS) is 10.7. The Morgan fingerprint density at radius 3 is 1.90 bits per heavy atom. The van der Waals surface area contributed by atoms with Gasteiger partial charge in [-0.1, -0.05) is 71.7 Å². The van der Waals surface area contributed by atoms with Crippen molar-refractivity contribution in [3.8, 4) is 0 Å². The van der Waals surface area contributed by atoms with Crippen molar-refractivity contribution < 1.29 is 29.7 Å². The van der Waals surface area contributed by atoms with Crippen LogP contribution in [-0.2, 0) is 29.4 Å². The van der Waals surface area contributed by atoms with Crippen LogP contribution in [0.4, 0.5) is 11.4 Å². The molecule has 0 saturated heterocycles. The van der Waals surface area contributed by atoms with E-state index >= 15 is 0 Å². The summed E-state index contributed by atoms with van der Waals surface area (Å²) in [5.41, 5.74) is 7.23. The second kappa shape index (κ2) is 13.2. The maximum Gasteiger partial charge on any atom is 0.336 e. The predicted octanol–water partition coefficient (Wildman–Crippen LogP) is 7.07. The van der Waals surface area contributed by atoms with E-state index in [1.807, 2.05) is 42.5 Å². The van der Waals surface area contributed by atoms with E-state index in [9.17, 15) is 14.7 Å². The number of benzene rings is 4. The highest BCUT2D eigenvalue weighted by molar-refractivity contribution is 6.34. The number of halogens is 2. The maximum atomic E-state index is 12.7. The molecule has 0 fully saturated rings. The molecule has 200 valence electrons. The average Bonchev–Trinajstić information content (AvgIpc) is 2.92. The summed E-state index contributed by atoms with van der Waals surface area (Å²) in [4.78, 5) is 33.9. The third-order valence-corrected chi connectivity index (χ3v) is 6.50. The summed E-state index contributed by atoms with van der Waals surface area (Å²) in [7, 11) is 0. The SMILES string of the molecule is O=C(O)c1ccccc1C(=O)Nc1ccc(Cc2ccc(NOCc3ccccc3COO)c(Cl)c2)cc1Cl. The number of hydrogen-bond donors (Lipinski definition) is 4. The van der Waals surface area contributed by atoms with Crippen LogP contribution in [0.1, 0.15) is 43.0 Å². The van der Waals surface area contributed by atoms with Gasteiger partial charge in [-0.15, -0.1) is 0 Å². The molecule has 4 rings (SSSR count). The molecule has 0 aliphatic heterocycles. The monoisotopic (exact) mass is 566 g/mol. The van der Waals surface area contributed by atoms with Crippen LogP contribution in [0.5, 0.6) is 0 Å². The van der Waals surface area contributed by atoms with Crippen LogP contribution in [0.25, 0.3) is 0 Å². The van der Waals surface area contributed by atoms with Gasteiger partial charge in [-0.05, 0) is 65.1 Å². The number of nitrogens with one attached hydrogen (secondary N) is 2. The van der Waals surface area contributed by atoms with Crippen molar-refractivity contribution in [1.82, 2.24) is 0 Å². The minimum absolute atomic E-state index is 0.0425. The first-order valence-corrected chi connectivity index (χ1v) is 12.5. The third-order valence-electron chi connectivity index (χ3n) is 5.87. The molecule has 10 heteroatoms. The van der Waals surface area contributed by atoms with Crippen LogP contribution in [0.3, 0.4) is 0 Å². The molecule has 0 spiro atoms. The lowest BCUT2D eigenvalue weighted by atomic mass is 10.0. The number of carbonyl (C=O) groups is 2. The van der Waals surface area contributed by atoms with E-state index in [0.717, 1.165) is 22.3 Å². The van der Waals surface area contributed by atoms with E-state index in [1.165, 1.54) is 12.1 Å². The first kappa shape index (κ1) is 28.1. The van der Waals surface area contributed by atoms with Gasteiger partial charge >= 0.3 is 5.97 Å². The highest BCUT2D eigenvalue weighted by atomic mass is 35.5. The number of anilines is 2. The Hall–Kier alpha value is -3.92. The Bertz CT molecular complexity index is 1490. The van der Waals surface area contributed by atoms with Crippen molar-refractivity contribution in [1.29, 1.82) is 0 Å². The molecule has 0 atom stereocenters. The van der Waals surface area contributed by atoms with Crippen LogP contribution in [0.2, 0.25) is 10.0 Å². The smallest absolute Gasteiger partial charge is 0.336 e. The lowest BCUT2D eigenvalue weighted by molar-refractivity contribution is -0.253. The minimum Gasteiger partial charge on any atom is -0.478 e. The molecule has 39 heavy (non-hydrogen) atoms. The van der Waals surface area contributed by atoms with Crippen LogP contribution >= 0.6 is 23.2 Å². The quantitative estimate of drug-likeness (QED) is 0.113. The van der Waals surface area contributed by atoms with Crippen LogP contribution in [0.15, 0.2) is 84.9 Å². The summed E-state index contributed by atoms with van der Waals surface area (Å²) in [6.07, 6.45) is 0.533. The first-order chi connectivity index (χ1) is 18.9. The summed E-state index contributed by atoms with van der Waals surface area (Å²) in [5.74, 6) is -1.75. The van der Waals surface area contributed by atoms with Crippen LogP contribution in [-0.4, -0.2) is 22.2 Å². The first-order valence-electron chi connectivity index (χ1n) is 11.8. The average molecular weight is 567 g/mol. The van der Waals surface area contributed by atoms with Gasteiger partial charge in [-0.25, -0.2) is 9.68 Å². The fourth-order valence-electron chi connectivity index (χ4n) is 3.91. The summed E-state index contributed by atoms with van der Waals surface area (Å²) in [6.45, 7) is 0.298. The van der Waals surface area contributed by atoms with E-state index in [4.69, 9.17) is 33.3 Å². The van der Waals surface area contributed by atoms with E-state index in [0.29, 0.717) is 27.8 Å². The molecule has 1 amide bonds. The van der Waals surface area contributed by atoms with Crippen molar-refractivity contribution in [3.05, 3.63) is 128 Å². The third kappa shape index (κ3) is 7.35. The lowest BCUT2D eigenvalue weighted by Crippen LogP contribution is -2.16. The molecule has 4 N–H and O–H groups in total. The second-order valence-electron chi connectivity index (χ2n) is 8.54. The number of carbonyl (C=O) groups excluding carboxylic acids is 1. The van der Waals surface area contributed by atoms with Gasteiger partial charge in [0, 0.05) is 0 Å². The number of carboxylic acids is 1. The van der Waals surface area contributed by atoms with Crippen LogP contribution < -0.4 is 10.8 Å². The van der Waals surface area contributed by atoms with E-state index in [1.54, 1.807) is 30.3 Å². The standard InChI is InChI=1S/C29H24Cl2N2O6/c30-24-14-18(9-11-26(24)32-28(34)22-7-3-4-8-23(22)29(35)36)13-19-10-12-27(25(31)15-19)33-38-16-20-5-1-2-6-21(20)17-39-37/h1-12,14-15,33,37H,13,16-17H2,(H,32,34)(H,35,36). The molecule has 0 unspecified atom stereocenters. The molecule has 4 aromatic carbocycles. The molecule has 0 aromatic heterocycles. The van der Waals surface area contributed by atoms with Crippen LogP contribution in [0, 0.1) is 0 Å². The molecule has 0 saturated carbocycles. The predicted molar refractivity (Wildman–Crippen MR) is 149 cm³/mol. The highest BCUT2D eigenvalue weighted by Gasteiger charge is 2.17. The van der Waals surface area contributed by atoms with Gasteiger partial charge in [-0.2, -0.15) is 0 Å². The van der Waals surface area contributed by atoms with Crippen molar-refractivity contribution in [3.63, 3.8) is 0 Å². The zero-order valence-corrected chi connectivity index (χ0v) is 22.0. The Kier molecular flexibility index (Phi) is 9.54. The molecule has 8 nitrogen and oxygen atoms in total. The van der Waals surface area contributed by atoms with Gasteiger partial charge in [0.25, 0.3) is 5.91 Å². The molecular weight excluding hydrogens is 543 g/mol. The molecule has 4 aromatic rings. The Labute approximate surface area is 234 Å². The number of aromatic carboxylic acids is 1. The largest absolute Gasteiger partial charge is 0.478 e. The molecular formula is C29H24Cl2N2O6.